The van der Waals surface area contributed by atoms with E-state index in [0.717, 1.165) is 30.0 Å². The van der Waals surface area contributed by atoms with Crippen molar-refractivity contribution in [3.05, 3.63) is 93.4 Å². The van der Waals surface area contributed by atoms with E-state index in [-0.39, 0.29) is 27.1 Å². The average Bonchev–Trinajstić information content (AvgIpc) is 2.72. The molecule has 1 aliphatic heterocycles. The van der Waals surface area contributed by atoms with Crippen LogP contribution in [-0.4, -0.2) is 15.6 Å². The van der Waals surface area contributed by atoms with Crippen LogP contribution in [0.1, 0.15) is 21.3 Å². The van der Waals surface area contributed by atoms with E-state index in [4.69, 9.17) is 5.73 Å². The monoisotopic (exact) mass is 454 g/mol. The molecular formula is C23H13F3N2O3S. The lowest BCUT2D eigenvalue weighted by Gasteiger charge is -2.35. The highest BCUT2D eigenvalue weighted by molar-refractivity contribution is 8.00. The maximum Gasteiger partial charge on any atom is 0.342 e. The maximum absolute atomic E-state index is 15.0. The molecule has 0 bridgehead atoms. The van der Waals surface area contributed by atoms with Crippen LogP contribution >= 0.6 is 11.8 Å². The fraction of sp³-hybridized carbons (Fsp3) is 0.0435. The normalized spacial score (nSPS) is 14.8. The molecule has 0 saturated carbocycles. The number of nitrogens with two attached hydrogens (primary N) is 1. The van der Waals surface area contributed by atoms with Crippen molar-refractivity contribution in [3.8, 4) is 11.1 Å². The number of carbonyl (C=O) groups is 1. The third-order valence-electron chi connectivity index (χ3n) is 5.37. The molecule has 1 unspecified atom stereocenters. The quantitative estimate of drug-likeness (QED) is 0.425. The van der Waals surface area contributed by atoms with E-state index < -0.39 is 39.8 Å². The van der Waals surface area contributed by atoms with Crippen molar-refractivity contribution in [1.29, 1.82) is 0 Å². The molecule has 9 heteroatoms. The lowest BCUT2D eigenvalue weighted by Crippen LogP contribution is -2.30. The number of pyridine rings is 1. The summed E-state index contributed by atoms with van der Waals surface area (Å²) in [6.07, 6.45) is 0. The van der Waals surface area contributed by atoms with Gasteiger partial charge >= 0.3 is 5.97 Å². The highest BCUT2D eigenvalue weighted by atomic mass is 32.2. The van der Waals surface area contributed by atoms with Crippen LogP contribution in [0.5, 0.6) is 0 Å². The van der Waals surface area contributed by atoms with Gasteiger partial charge in [0.15, 0.2) is 0 Å². The minimum atomic E-state index is -1.46. The van der Waals surface area contributed by atoms with Gasteiger partial charge in [-0.2, -0.15) is 0 Å². The summed E-state index contributed by atoms with van der Waals surface area (Å²) in [7, 11) is 0. The Balaban J connectivity index is 1.82. The van der Waals surface area contributed by atoms with Crippen LogP contribution in [0.15, 0.2) is 64.4 Å². The molecule has 0 amide bonds. The van der Waals surface area contributed by atoms with Gasteiger partial charge in [0.2, 0.25) is 5.43 Å². The number of nitrogens with zero attached hydrogens (tertiary/aromatic N) is 1. The molecule has 160 valence electrons. The van der Waals surface area contributed by atoms with Crippen molar-refractivity contribution >= 4 is 34.3 Å². The molecular weight excluding hydrogens is 441 g/mol. The van der Waals surface area contributed by atoms with Crippen molar-refractivity contribution in [2.75, 3.05) is 5.73 Å². The summed E-state index contributed by atoms with van der Waals surface area (Å²) in [6.45, 7) is 0. The van der Waals surface area contributed by atoms with E-state index in [2.05, 4.69) is 0 Å². The second-order valence-corrected chi connectivity index (χ2v) is 8.36. The smallest absolute Gasteiger partial charge is 0.342 e. The molecule has 3 N–H and O–H groups in total. The van der Waals surface area contributed by atoms with Gasteiger partial charge in [0.25, 0.3) is 0 Å². The second kappa shape index (κ2) is 7.16. The van der Waals surface area contributed by atoms with Gasteiger partial charge in [-0.15, -0.1) is 0 Å². The molecule has 0 aliphatic carbocycles. The van der Waals surface area contributed by atoms with E-state index in [0.29, 0.717) is 11.3 Å². The molecule has 0 radical (unpaired) electrons. The minimum absolute atomic E-state index is 0.114. The summed E-state index contributed by atoms with van der Waals surface area (Å²) in [5.41, 5.74) is 5.88. The van der Waals surface area contributed by atoms with Gasteiger partial charge in [-0.25, -0.2) is 18.0 Å². The molecule has 1 aromatic heterocycles. The van der Waals surface area contributed by atoms with Gasteiger partial charge in [-0.05, 0) is 35.9 Å². The standard InChI is InChI=1S/C23H13F3N2O3S/c24-11-3-6-13(16(25)7-11)21-28-18-9-14(10-1-4-12(27)5-2-10)17(26)8-15(18)20(29)19(23(30)31)22(28)32-21/h1-9,21H,27H2,(H,30,31). The fourth-order valence-electron chi connectivity index (χ4n) is 3.84. The predicted molar refractivity (Wildman–Crippen MR) is 115 cm³/mol. The topological polar surface area (TPSA) is 85.3 Å². The second-order valence-electron chi connectivity index (χ2n) is 7.29. The Morgan fingerprint density at radius 1 is 1.00 bits per heavy atom. The SMILES string of the molecule is Nc1ccc(-c2cc3c(cc2F)c(=O)c(C(=O)O)c2n3C(c3ccc(F)cc3F)S2)cc1. The third kappa shape index (κ3) is 2.96. The number of benzene rings is 3. The van der Waals surface area contributed by atoms with Gasteiger partial charge < -0.3 is 15.4 Å². The number of carboxylic acid groups (broad SMARTS) is 1. The molecule has 3 aromatic carbocycles. The Bertz CT molecular complexity index is 1500. The van der Waals surface area contributed by atoms with Crippen LogP contribution in [0.3, 0.4) is 0 Å². The molecule has 5 nitrogen and oxygen atoms in total. The Morgan fingerprint density at radius 2 is 1.72 bits per heavy atom. The van der Waals surface area contributed by atoms with Crippen molar-refractivity contribution in [2.24, 2.45) is 0 Å². The molecule has 5 rings (SSSR count). The summed E-state index contributed by atoms with van der Waals surface area (Å²) in [6, 6.07) is 12.0. The van der Waals surface area contributed by atoms with Crippen molar-refractivity contribution < 1.29 is 23.1 Å². The minimum Gasteiger partial charge on any atom is -0.477 e. The highest BCUT2D eigenvalue weighted by Gasteiger charge is 2.37. The first-order valence-electron chi connectivity index (χ1n) is 9.39. The highest BCUT2D eigenvalue weighted by Crippen LogP contribution is 2.51. The summed E-state index contributed by atoms with van der Waals surface area (Å²) in [4.78, 5) is 24.6. The summed E-state index contributed by atoms with van der Waals surface area (Å²) in [5, 5.41) is 8.81. The Kier molecular flexibility index (Phi) is 4.52. The van der Waals surface area contributed by atoms with E-state index in [1.54, 1.807) is 24.3 Å². The zero-order valence-electron chi connectivity index (χ0n) is 16.1. The predicted octanol–water partition coefficient (Wildman–Crippen LogP) is 5.02. The van der Waals surface area contributed by atoms with E-state index in [1.807, 2.05) is 0 Å². The molecule has 4 aromatic rings. The van der Waals surface area contributed by atoms with E-state index in [1.165, 1.54) is 16.7 Å². The molecule has 1 atom stereocenters. The Morgan fingerprint density at radius 3 is 2.38 bits per heavy atom. The Hall–Kier alpha value is -3.72. The van der Waals surface area contributed by atoms with Gasteiger partial charge in [0, 0.05) is 28.3 Å². The van der Waals surface area contributed by atoms with Crippen LogP contribution in [0.25, 0.3) is 22.0 Å². The summed E-state index contributed by atoms with van der Waals surface area (Å²) >= 11 is 0.973. The zero-order chi connectivity index (χ0) is 22.7. The van der Waals surface area contributed by atoms with Gasteiger partial charge in [-0.1, -0.05) is 30.0 Å². The first-order valence-corrected chi connectivity index (χ1v) is 10.3. The lowest BCUT2D eigenvalue weighted by molar-refractivity contribution is 0.0689. The number of carboxylic acids is 1. The van der Waals surface area contributed by atoms with Crippen molar-refractivity contribution in [3.63, 3.8) is 0 Å². The zero-order valence-corrected chi connectivity index (χ0v) is 16.9. The average molecular weight is 454 g/mol. The van der Waals surface area contributed by atoms with Gasteiger partial charge in [0.05, 0.1) is 10.5 Å². The summed E-state index contributed by atoms with van der Waals surface area (Å²) in [5.74, 6) is -3.74. The number of nitrogen functional groups attached to an aromatic ring is 1. The molecule has 1 aliphatic rings. The number of aromatic carboxylic acids is 1. The molecule has 0 spiro atoms. The first kappa shape index (κ1) is 20.2. The van der Waals surface area contributed by atoms with Crippen LogP contribution in [0.4, 0.5) is 18.9 Å². The summed E-state index contributed by atoms with van der Waals surface area (Å²) < 4.78 is 44.3. The largest absolute Gasteiger partial charge is 0.477 e. The molecule has 0 saturated heterocycles. The Labute approximate surface area is 182 Å². The maximum atomic E-state index is 15.0. The van der Waals surface area contributed by atoms with Gasteiger partial charge in [-0.3, -0.25) is 4.79 Å². The van der Waals surface area contributed by atoms with Crippen LogP contribution in [-0.2, 0) is 0 Å². The molecule has 32 heavy (non-hydrogen) atoms. The number of hydrogen-bond donors (Lipinski definition) is 2. The first-order chi connectivity index (χ1) is 15.3. The van der Waals surface area contributed by atoms with Crippen LogP contribution in [0.2, 0.25) is 0 Å². The number of rotatable bonds is 3. The van der Waals surface area contributed by atoms with Gasteiger partial charge in [0.1, 0.15) is 28.4 Å². The van der Waals surface area contributed by atoms with E-state index >= 15 is 0 Å². The van der Waals surface area contributed by atoms with Crippen molar-refractivity contribution in [1.82, 2.24) is 4.57 Å². The number of anilines is 1. The molecule has 2 heterocycles. The number of hydrogen-bond acceptors (Lipinski definition) is 4. The molecule has 0 fully saturated rings. The number of thioether (sulfide) groups is 1. The number of fused-ring (bicyclic) bond motifs is 3. The van der Waals surface area contributed by atoms with E-state index in [9.17, 15) is 27.9 Å². The lowest BCUT2D eigenvalue weighted by atomic mass is 10.0. The van der Waals surface area contributed by atoms with Crippen LogP contribution < -0.4 is 11.2 Å². The number of halogens is 3. The fourth-order valence-corrected chi connectivity index (χ4v) is 5.15. The number of aromatic nitrogens is 1. The third-order valence-corrected chi connectivity index (χ3v) is 6.68. The van der Waals surface area contributed by atoms with Crippen molar-refractivity contribution in [2.45, 2.75) is 10.4 Å². The van der Waals surface area contributed by atoms with Crippen LogP contribution in [0, 0.1) is 17.5 Å².